The Morgan fingerprint density at radius 2 is 1.71 bits per heavy atom. The summed E-state index contributed by atoms with van der Waals surface area (Å²) < 4.78 is 5.26. The van der Waals surface area contributed by atoms with Crippen LogP contribution in [0.2, 0.25) is 0 Å². The van der Waals surface area contributed by atoms with Crippen molar-refractivity contribution in [2.45, 2.75) is 26.3 Å². The fourth-order valence-electron chi connectivity index (χ4n) is 2.88. The Hall–Kier alpha value is -0.480. The first kappa shape index (κ1) is 20.5. The summed E-state index contributed by atoms with van der Waals surface area (Å²) in [7, 11) is 1.72. The first-order valence-electron chi connectivity index (χ1n) is 7.35. The standard InChI is InChI=1S/C16H26N2O.2ClH/c1-4-13(2)16(18-11-9-17-10-12-18)14-5-7-15(19-3)8-6-14;;/h5-8,13,16-17H,4,9-12H2,1-3H3;2*1H/t13?,16-;;/m1../s1. The summed E-state index contributed by atoms with van der Waals surface area (Å²) in [6.07, 6.45) is 1.21. The monoisotopic (exact) mass is 334 g/mol. The highest BCUT2D eigenvalue weighted by atomic mass is 35.5. The quantitative estimate of drug-likeness (QED) is 0.891. The van der Waals surface area contributed by atoms with Crippen LogP contribution in [0.4, 0.5) is 0 Å². The fourth-order valence-corrected chi connectivity index (χ4v) is 2.88. The maximum Gasteiger partial charge on any atom is 0.118 e. The molecule has 5 heteroatoms. The van der Waals surface area contributed by atoms with E-state index < -0.39 is 0 Å². The molecule has 2 atom stereocenters. The SMILES string of the molecule is CCC(C)[C@H](c1ccc(OC)cc1)N1CCNCC1.Cl.Cl. The lowest BCUT2D eigenvalue weighted by Gasteiger charge is -2.38. The molecule has 1 unspecified atom stereocenters. The average Bonchev–Trinajstić information content (AvgIpc) is 2.49. The van der Waals surface area contributed by atoms with E-state index in [0.29, 0.717) is 12.0 Å². The number of hydrogen-bond donors (Lipinski definition) is 1. The van der Waals surface area contributed by atoms with Crippen molar-refractivity contribution in [3.63, 3.8) is 0 Å². The van der Waals surface area contributed by atoms with Crippen molar-refractivity contribution in [1.29, 1.82) is 0 Å². The number of ether oxygens (including phenoxy) is 1. The molecule has 0 radical (unpaired) electrons. The predicted octanol–water partition coefficient (Wildman–Crippen LogP) is 3.53. The van der Waals surface area contributed by atoms with E-state index >= 15 is 0 Å². The summed E-state index contributed by atoms with van der Waals surface area (Å²) in [5.74, 6) is 1.61. The van der Waals surface area contributed by atoms with Gasteiger partial charge < -0.3 is 10.1 Å². The van der Waals surface area contributed by atoms with Crippen LogP contribution in [0.1, 0.15) is 31.9 Å². The Kier molecular flexibility index (Phi) is 10.0. The normalized spacial score (nSPS) is 18.0. The molecule has 1 fully saturated rings. The van der Waals surface area contributed by atoms with Crippen LogP contribution in [-0.2, 0) is 0 Å². The minimum Gasteiger partial charge on any atom is -0.497 e. The third-order valence-corrected chi connectivity index (χ3v) is 4.19. The highest BCUT2D eigenvalue weighted by Crippen LogP contribution is 2.31. The second kappa shape index (κ2) is 10.3. The molecule has 1 aromatic rings. The molecule has 1 aliphatic rings. The van der Waals surface area contributed by atoms with Gasteiger partial charge in [0.05, 0.1) is 7.11 Å². The maximum atomic E-state index is 5.26. The molecule has 0 bridgehead atoms. The number of nitrogens with one attached hydrogen (secondary N) is 1. The Bertz CT molecular complexity index is 380. The molecule has 0 spiro atoms. The summed E-state index contributed by atoms with van der Waals surface area (Å²) in [6.45, 7) is 9.12. The molecule has 1 saturated heterocycles. The first-order chi connectivity index (χ1) is 9.26. The number of benzene rings is 1. The topological polar surface area (TPSA) is 24.5 Å². The van der Waals surface area contributed by atoms with E-state index in [1.807, 2.05) is 0 Å². The van der Waals surface area contributed by atoms with Crippen LogP contribution < -0.4 is 10.1 Å². The van der Waals surface area contributed by atoms with Gasteiger partial charge in [-0.3, -0.25) is 4.90 Å². The number of piperazine rings is 1. The van der Waals surface area contributed by atoms with Gasteiger partial charge in [-0.2, -0.15) is 0 Å². The molecule has 0 saturated carbocycles. The number of nitrogens with zero attached hydrogens (tertiary/aromatic N) is 1. The molecule has 3 nitrogen and oxygen atoms in total. The van der Waals surface area contributed by atoms with E-state index in [2.05, 4.69) is 48.3 Å². The van der Waals surface area contributed by atoms with Gasteiger partial charge in [-0.05, 0) is 23.6 Å². The Labute approximate surface area is 141 Å². The van der Waals surface area contributed by atoms with Crippen LogP contribution in [-0.4, -0.2) is 38.2 Å². The summed E-state index contributed by atoms with van der Waals surface area (Å²) in [5, 5.41) is 3.43. The van der Waals surface area contributed by atoms with E-state index in [9.17, 15) is 0 Å². The average molecular weight is 335 g/mol. The van der Waals surface area contributed by atoms with Crippen molar-refractivity contribution in [3.05, 3.63) is 29.8 Å². The van der Waals surface area contributed by atoms with Gasteiger partial charge in [0.2, 0.25) is 0 Å². The molecule has 1 aromatic carbocycles. The van der Waals surface area contributed by atoms with Gasteiger partial charge in [0, 0.05) is 32.2 Å². The van der Waals surface area contributed by atoms with Gasteiger partial charge in [-0.15, -0.1) is 24.8 Å². The number of halogens is 2. The van der Waals surface area contributed by atoms with Gasteiger partial charge in [0.1, 0.15) is 5.75 Å². The lowest BCUT2D eigenvalue weighted by molar-refractivity contribution is 0.128. The molecule has 1 N–H and O–H groups in total. The van der Waals surface area contributed by atoms with E-state index in [0.717, 1.165) is 31.9 Å². The molecular weight excluding hydrogens is 307 g/mol. The van der Waals surface area contributed by atoms with Crippen molar-refractivity contribution in [2.24, 2.45) is 5.92 Å². The van der Waals surface area contributed by atoms with E-state index in [1.165, 1.54) is 12.0 Å². The fraction of sp³-hybridized carbons (Fsp3) is 0.625. The Morgan fingerprint density at radius 1 is 1.14 bits per heavy atom. The molecule has 21 heavy (non-hydrogen) atoms. The van der Waals surface area contributed by atoms with Gasteiger partial charge in [0.15, 0.2) is 0 Å². The second-order valence-corrected chi connectivity index (χ2v) is 5.39. The van der Waals surface area contributed by atoms with E-state index in [1.54, 1.807) is 7.11 Å². The zero-order valence-electron chi connectivity index (χ0n) is 13.2. The Morgan fingerprint density at radius 3 is 2.19 bits per heavy atom. The van der Waals surface area contributed by atoms with Crippen molar-refractivity contribution in [2.75, 3.05) is 33.3 Å². The van der Waals surface area contributed by atoms with Gasteiger partial charge in [0.25, 0.3) is 0 Å². The molecule has 122 valence electrons. The minimum absolute atomic E-state index is 0. The zero-order valence-corrected chi connectivity index (χ0v) is 14.8. The molecule has 1 aliphatic heterocycles. The number of methoxy groups -OCH3 is 1. The van der Waals surface area contributed by atoms with Crippen LogP contribution >= 0.6 is 24.8 Å². The summed E-state index contributed by atoms with van der Waals surface area (Å²) >= 11 is 0. The van der Waals surface area contributed by atoms with Crippen LogP contribution in [0.15, 0.2) is 24.3 Å². The van der Waals surface area contributed by atoms with Crippen LogP contribution in [0, 0.1) is 5.92 Å². The summed E-state index contributed by atoms with van der Waals surface area (Å²) in [4.78, 5) is 2.62. The van der Waals surface area contributed by atoms with Gasteiger partial charge in [-0.25, -0.2) is 0 Å². The van der Waals surface area contributed by atoms with Gasteiger partial charge >= 0.3 is 0 Å². The van der Waals surface area contributed by atoms with Crippen LogP contribution in [0.3, 0.4) is 0 Å². The first-order valence-corrected chi connectivity index (χ1v) is 7.35. The highest BCUT2D eigenvalue weighted by Gasteiger charge is 2.26. The smallest absolute Gasteiger partial charge is 0.118 e. The molecule has 0 amide bonds. The summed E-state index contributed by atoms with van der Waals surface area (Å²) in [5.41, 5.74) is 1.41. The molecule has 0 aliphatic carbocycles. The maximum absolute atomic E-state index is 5.26. The number of rotatable bonds is 5. The van der Waals surface area contributed by atoms with E-state index in [-0.39, 0.29) is 24.8 Å². The third-order valence-electron chi connectivity index (χ3n) is 4.19. The second-order valence-electron chi connectivity index (χ2n) is 5.39. The lowest BCUT2D eigenvalue weighted by Crippen LogP contribution is -2.46. The highest BCUT2D eigenvalue weighted by molar-refractivity contribution is 5.85. The van der Waals surface area contributed by atoms with E-state index in [4.69, 9.17) is 4.74 Å². The zero-order chi connectivity index (χ0) is 13.7. The number of hydrogen-bond acceptors (Lipinski definition) is 3. The van der Waals surface area contributed by atoms with Crippen LogP contribution in [0.5, 0.6) is 5.75 Å². The molecular formula is C16H28Cl2N2O. The minimum atomic E-state index is 0. The largest absolute Gasteiger partial charge is 0.497 e. The van der Waals surface area contributed by atoms with Gasteiger partial charge in [-0.1, -0.05) is 32.4 Å². The summed E-state index contributed by atoms with van der Waals surface area (Å²) in [6, 6.07) is 9.12. The van der Waals surface area contributed by atoms with Crippen molar-refractivity contribution >= 4 is 24.8 Å². The predicted molar refractivity (Wildman–Crippen MR) is 94.1 cm³/mol. The molecule has 0 aromatic heterocycles. The molecule has 1 heterocycles. The Balaban J connectivity index is 0.00000200. The molecule has 2 rings (SSSR count). The van der Waals surface area contributed by atoms with Crippen molar-refractivity contribution in [3.8, 4) is 5.75 Å². The van der Waals surface area contributed by atoms with Crippen LogP contribution in [0.25, 0.3) is 0 Å². The van der Waals surface area contributed by atoms with Crippen molar-refractivity contribution in [1.82, 2.24) is 10.2 Å². The lowest BCUT2D eigenvalue weighted by atomic mass is 9.90. The van der Waals surface area contributed by atoms with Crippen molar-refractivity contribution < 1.29 is 4.74 Å². The third kappa shape index (κ3) is 5.33.